The Morgan fingerprint density at radius 1 is 1.53 bits per heavy atom. The third kappa shape index (κ3) is 2.82. The van der Waals surface area contributed by atoms with E-state index in [0.29, 0.717) is 19.6 Å². The van der Waals surface area contributed by atoms with Crippen molar-refractivity contribution in [1.29, 1.82) is 0 Å². The van der Waals surface area contributed by atoms with Crippen LogP contribution in [0.4, 0.5) is 4.79 Å². The zero-order chi connectivity index (χ0) is 11.3. The number of hydrogen-bond acceptors (Lipinski definition) is 3. The summed E-state index contributed by atoms with van der Waals surface area (Å²) in [4.78, 5) is 24.7. The molecule has 6 heteroatoms. The number of carbonyl (C=O) groups is 2. The maximum atomic E-state index is 11.7. The Labute approximate surface area is 89.4 Å². The Bertz CT molecular complexity index is 244. The highest BCUT2D eigenvalue weighted by Gasteiger charge is 2.30. The minimum atomic E-state index is -0.404. The summed E-state index contributed by atoms with van der Waals surface area (Å²) in [6, 6.07) is -0.605. The number of rotatable bonds is 2. The smallest absolute Gasteiger partial charge is 0.317 e. The molecule has 1 heterocycles. The summed E-state index contributed by atoms with van der Waals surface area (Å²) < 4.78 is 0. The molecule has 0 aromatic rings. The average Bonchev–Trinajstić information content (AvgIpc) is 2.28. The van der Waals surface area contributed by atoms with E-state index in [0.717, 1.165) is 6.54 Å². The van der Waals surface area contributed by atoms with E-state index in [1.807, 2.05) is 6.92 Å². The van der Waals surface area contributed by atoms with Crippen molar-refractivity contribution >= 4 is 11.9 Å². The molecule has 0 radical (unpaired) electrons. The molecule has 1 atom stereocenters. The summed E-state index contributed by atoms with van der Waals surface area (Å²) in [5, 5.41) is 8.37. The summed E-state index contributed by atoms with van der Waals surface area (Å²) in [7, 11) is 1.57. The van der Waals surface area contributed by atoms with Gasteiger partial charge in [-0.3, -0.25) is 4.79 Å². The van der Waals surface area contributed by atoms with Crippen molar-refractivity contribution in [2.45, 2.75) is 13.0 Å². The predicted octanol–water partition coefficient (Wildman–Crippen LogP) is -1.26. The Kier molecular flexibility index (Phi) is 4.36. The van der Waals surface area contributed by atoms with Gasteiger partial charge in [0.05, 0.1) is 0 Å². The maximum absolute atomic E-state index is 11.7. The van der Waals surface area contributed by atoms with E-state index in [-0.39, 0.29) is 11.9 Å². The molecule has 1 unspecified atom stereocenters. The molecule has 6 nitrogen and oxygen atoms in total. The Morgan fingerprint density at radius 2 is 2.27 bits per heavy atom. The normalized spacial score (nSPS) is 20.9. The molecular formula is C9H18N4O2. The van der Waals surface area contributed by atoms with Crippen molar-refractivity contribution in [1.82, 2.24) is 20.9 Å². The van der Waals surface area contributed by atoms with Crippen LogP contribution in [0, 0.1) is 0 Å². The number of hydrogen-bond donors (Lipinski definition) is 3. The fraction of sp³-hybridized carbons (Fsp3) is 0.778. The van der Waals surface area contributed by atoms with Crippen LogP contribution in [0.5, 0.6) is 0 Å². The molecule has 0 bridgehead atoms. The second-order valence-corrected chi connectivity index (χ2v) is 3.36. The third-order valence-corrected chi connectivity index (χ3v) is 2.37. The highest BCUT2D eigenvalue weighted by Crippen LogP contribution is 2.03. The van der Waals surface area contributed by atoms with Gasteiger partial charge >= 0.3 is 6.03 Å². The first-order valence-corrected chi connectivity index (χ1v) is 5.17. The largest absolute Gasteiger partial charge is 0.355 e. The summed E-state index contributed by atoms with van der Waals surface area (Å²) in [5.74, 6) is -0.103. The summed E-state index contributed by atoms with van der Waals surface area (Å²) in [6.45, 7) is 4.24. The lowest BCUT2D eigenvalue weighted by atomic mass is 10.2. The minimum Gasteiger partial charge on any atom is -0.355 e. The van der Waals surface area contributed by atoms with Gasteiger partial charge in [-0.05, 0) is 6.92 Å². The third-order valence-electron chi connectivity index (χ3n) is 2.37. The Morgan fingerprint density at radius 3 is 2.87 bits per heavy atom. The molecule has 1 fully saturated rings. The van der Waals surface area contributed by atoms with E-state index in [2.05, 4.69) is 16.0 Å². The van der Waals surface area contributed by atoms with Crippen molar-refractivity contribution in [3.8, 4) is 0 Å². The fourth-order valence-corrected chi connectivity index (χ4v) is 1.62. The number of nitrogens with zero attached hydrogens (tertiary/aromatic N) is 1. The van der Waals surface area contributed by atoms with E-state index in [1.165, 1.54) is 0 Å². The van der Waals surface area contributed by atoms with E-state index >= 15 is 0 Å². The lowest BCUT2D eigenvalue weighted by molar-refractivity contribution is -0.125. The molecular weight excluding hydrogens is 196 g/mol. The summed E-state index contributed by atoms with van der Waals surface area (Å²) in [6.07, 6.45) is 0. The molecule has 3 amide bonds. The molecule has 0 aromatic heterocycles. The second kappa shape index (κ2) is 5.55. The molecule has 1 aliphatic rings. The van der Waals surface area contributed by atoms with E-state index < -0.39 is 6.04 Å². The van der Waals surface area contributed by atoms with Crippen molar-refractivity contribution in [2.24, 2.45) is 0 Å². The quantitative estimate of drug-likeness (QED) is 0.537. The molecule has 3 N–H and O–H groups in total. The molecule has 0 saturated carbocycles. The van der Waals surface area contributed by atoms with Gasteiger partial charge in [0, 0.05) is 33.2 Å². The van der Waals surface area contributed by atoms with Gasteiger partial charge < -0.3 is 20.9 Å². The van der Waals surface area contributed by atoms with E-state index in [1.54, 1.807) is 11.9 Å². The van der Waals surface area contributed by atoms with Crippen LogP contribution in [-0.2, 0) is 4.79 Å². The van der Waals surface area contributed by atoms with Gasteiger partial charge in [0.2, 0.25) is 5.91 Å². The SMILES string of the molecule is CCNC(=O)C1CNCCN1C(=O)NC. The van der Waals surface area contributed by atoms with Crippen molar-refractivity contribution in [2.75, 3.05) is 33.2 Å². The van der Waals surface area contributed by atoms with Crippen molar-refractivity contribution in [3.63, 3.8) is 0 Å². The van der Waals surface area contributed by atoms with Crippen LogP contribution in [0.1, 0.15) is 6.92 Å². The number of carbonyl (C=O) groups excluding carboxylic acids is 2. The van der Waals surface area contributed by atoms with Gasteiger partial charge in [-0.15, -0.1) is 0 Å². The van der Waals surface area contributed by atoms with Crippen LogP contribution in [0.15, 0.2) is 0 Å². The first-order chi connectivity index (χ1) is 7.20. The molecule has 1 aliphatic heterocycles. The molecule has 86 valence electrons. The zero-order valence-electron chi connectivity index (χ0n) is 9.17. The van der Waals surface area contributed by atoms with Crippen LogP contribution >= 0.6 is 0 Å². The van der Waals surface area contributed by atoms with E-state index in [9.17, 15) is 9.59 Å². The van der Waals surface area contributed by atoms with Crippen LogP contribution in [-0.4, -0.2) is 56.1 Å². The molecule has 1 saturated heterocycles. The van der Waals surface area contributed by atoms with Gasteiger partial charge in [0.1, 0.15) is 6.04 Å². The molecule has 0 aliphatic carbocycles. The Balaban J connectivity index is 2.65. The van der Waals surface area contributed by atoms with Crippen molar-refractivity contribution < 1.29 is 9.59 Å². The van der Waals surface area contributed by atoms with Crippen LogP contribution < -0.4 is 16.0 Å². The number of likely N-dealkylation sites (N-methyl/N-ethyl adjacent to an activating group) is 1. The summed E-state index contributed by atoms with van der Waals surface area (Å²) in [5.41, 5.74) is 0. The van der Waals surface area contributed by atoms with Crippen LogP contribution in [0.3, 0.4) is 0 Å². The van der Waals surface area contributed by atoms with Gasteiger partial charge in [0.15, 0.2) is 0 Å². The molecule has 1 rings (SSSR count). The monoisotopic (exact) mass is 214 g/mol. The fourth-order valence-electron chi connectivity index (χ4n) is 1.62. The molecule has 0 aromatic carbocycles. The lowest BCUT2D eigenvalue weighted by Gasteiger charge is -2.34. The topological polar surface area (TPSA) is 73.5 Å². The number of piperazine rings is 1. The minimum absolute atomic E-state index is 0.103. The number of nitrogens with one attached hydrogen (secondary N) is 3. The first-order valence-electron chi connectivity index (χ1n) is 5.17. The second-order valence-electron chi connectivity index (χ2n) is 3.36. The number of amides is 3. The number of urea groups is 1. The Hall–Kier alpha value is -1.30. The summed E-state index contributed by atoms with van der Waals surface area (Å²) >= 11 is 0. The molecule has 0 spiro atoms. The molecule has 15 heavy (non-hydrogen) atoms. The van der Waals surface area contributed by atoms with Crippen molar-refractivity contribution in [3.05, 3.63) is 0 Å². The van der Waals surface area contributed by atoms with E-state index in [4.69, 9.17) is 0 Å². The zero-order valence-corrected chi connectivity index (χ0v) is 9.17. The van der Waals surface area contributed by atoms with Crippen LogP contribution in [0.2, 0.25) is 0 Å². The standard InChI is InChI=1S/C9H18N4O2/c1-3-12-8(14)7-6-11-4-5-13(7)9(15)10-2/h7,11H,3-6H2,1-2H3,(H,10,15)(H,12,14). The van der Waals surface area contributed by atoms with Gasteiger partial charge in [-0.2, -0.15) is 0 Å². The van der Waals surface area contributed by atoms with Gasteiger partial charge in [0.25, 0.3) is 0 Å². The highest BCUT2D eigenvalue weighted by molar-refractivity contribution is 5.87. The average molecular weight is 214 g/mol. The predicted molar refractivity (Wildman–Crippen MR) is 56.5 cm³/mol. The lowest BCUT2D eigenvalue weighted by Crippen LogP contribution is -2.61. The first kappa shape index (κ1) is 11.8. The maximum Gasteiger partial charge on any atom is 0.317 e. The van der Waals surface area contributed by atoms with Crippen LogP contribution in [0.25, 0.3) is 0 Å². The van der Waals surface area contributed by atoms with Gasteiger partial charge in [-0.25, -0.2) is 4.79 Å². The highest BCUT2D eigenvalue weighted by atomic mass is 16.2. The van der Waals surface area contributed by atoms with Gasteiger partial charge in [-0.1, -0.05) is 0 Å².